The first-order valence-corrected chi connectivity index (χ1v) is 11.6. The molecule has 5 aliphatic rings. The SMILES string of the molecule is COC1CC([C@@H]2C3CC4OCOC4CC3[C@H](OC)C3COC(=O)[C@@H]32)CC(OC)C1OC. The lowest BCUT2D eigenvalue weighted by atomic mass is 9.52. The smallest absolute Gasteiger partial charge is 0.309 e. The van der Waals surface area contributed by atoms with Crippen LogP contribution in [0.15, 0.2) is 0 Å². The number of carbonyl (C=O) groups excluding carboxylic acids is 1. The number of methoxy groups -OCH3 is 4. The van der Waals surface area contributed by atoms with E-state index in [0.29, 0.717) is 25.2 Å². The number of hydrogen-bond acceptors (Lipinski definition) is 8. The van der Waals surface area contributed by atoms with Gasteiger partial charge in [-0.25, -0.2) is 0 Å². The second kappa shape index (κ2) is 8.88. The third-order valence-electron chi connectivity index (χ3n) is 8.94. The zero-order valence-electron chi connectivity index (χ0n) is 18.9. The van der Waals surface area contributed by atoms with Gasteiger partial charge < -0.3 is 33.2 Å². The van der Waals surface area contributed by atoms with Crippen LogP contribution in [0.5, 0.6) is 0 Å². The van der Waals surface area contributed by atoms with Crippen molar-refractivity contribution in [2.45, 2.75) is 62.3 Å². The molecule has 0 spiro atoms. The summed E-state index contributed by atoms with van der Waals surface area (Å²) in [5, 5.41) is 0. The number of ether oxygens (including phenoxy) is 7. The molecule has 2 heterocycles. The zero-order chi connectivity index (χ0) is 21.7. The van der Waals surface area contributed by atoms with Gasteiger partial charge in [-0.05, 0) is 49.4 Å². The molecule has 0 aromatic rings. The minimum absolute atomic E-state index is 0.00890. The summed E-state index contributed by atoms with van der Waals surface area (Å²) in [5.41, 5.74) is 0. The Bertz CT molecular complexity index is 643. The molecular formula is C23H36O8. The Balaban J connectivity index is 1.49. The highest BCUT2D eigenvalue weighted by molar-refractivity contribution is 5.75. The fourth-order valence-electron chi connectivity index (χ4n) is 7.72. The zero-order valence-corrected chi connectivity index (χ0v) is 18.9. The standard InChI is InChI=1S/C23H36O8/c1-25-17-5-11(6-18(26-2)22(17)28-4)19-12-7-15-16(31-10-30-15)8-13(12)21(27-3)14-9-29-23(24)20(14)19/h11-22H,5-10H2,1-4H3/t11?,12?,13?,14?,15?,16?,17?,18?,19-,20+,21+,22?/m1/s1. The summed E-state index contributed by atoms with van der Waals surface area (Å²) >= 11 is 0. The lowest BCUT2D eigenvalue weighted by molar-refractivity contribution is -0.179. The number of carbonyl (C=O) groups is 1. The van der Waals surface area contributed by atoms with Crippen LogP contribution in [0.4, 0.5) is 0 Å². The van der Waals surface area contributed by atoms with E-state index in [1.54, 1.807) is 28.4 Å². The highest BCUT2D eigenvalue weighted by Gasteiger charge is 2.62. The summed E-state index contributed by atoms with van der Waals surface area (Å²) in [5.74, 6) is 0.986. The first-order chi connectivity index (χ1) is 15.1. The van der Waals surface area contributed by atoms with E-state index in [0.717, 1.165) is 25.7 Å². The van der Waals surface area contributed by atoms with Crippen LogP contribution >= 0.6 is 0 Å². The summed E-state index contributed by atoms with van der Waals surface area (Å²) in [6.45, 7) is 0.810. The summed E-state index contributed by atoms with van der Waals surface area (Å²) in [4.78, 5) is 13.0. The van der Waals surface area contributed by atoms with Gasteiger partial charge in [0, 0.05) is 34.4 Å². The lowest BCUT2D eigenvalue weighted by Crippen LogP contribution is -2.59. The fourth-order valence-corrected chi connectivity index (χ4v) is 7.72. The Hall–Kier alpha value is -0.770. The van der Waals surface area contributed by atoms with Gasteiger partial charge in [0.1, 0.15) is 12.9 Å². The quantitative estimate of drug-likeness (QED) is 0.597. The van der Waals surface area contributed by atoms with Crippen LogP contribution < -0.4 is 0 Å². The predicted octanol–water partition coefficient (Wildman–Crippen LogP) is 1.64. The van der Waals surface area contributed by atoms with Crippen molar-refractivity contribution >= 4 is 5.97 Å². The maximum absolute atomic E-state index is 13.0. The van der Waals surface area contributed by atoms with Crippen LogP contribution in [-0.2, 0) is 38.0 Å². The van der Waals surface area contributed by atoms with Crippen LogP contribution in [0.1, 0.15) is 25.7 Å². The molecule has 0 N–H and O–H groups in total. The van der Waals surface area contributed by atoms with Crippen LogP contribution in [0.2, 0.25) is 0 Å². The molecule has 5 fully saturated rings. The fraction of sp³-hybridized carbons (Fsp3) is 0.957. The third-order valence-corrected chi connectivity index (χ3v) is 8.94. The van der Waals surface area contributed by atoms with E-state index < -0.39 is 0 Å². The van der Waals surface area contributed by atoms with Crippen molar-refractivity contribution in [2.24, 2.45) is 35.5 Å². The summed E-state index contributed by atoms with van der Waals surface area (Å²) in [6.07, 6.45) is 3.51. The molecule has 3 aliphatic carbocycles. The van der Waals surface area contributed by atoms with E-state index in [-0.39, 0.29) is 66.3 Å². The van der Waals surface area contributed by atoms with Gasteiger partial charge in [-0.1, -0.05) is 0 Å². The minimum Gasteiger partial charge on any atom is -0.465 e. The molecule has 10 atom stereocenters. The Morgan fingerprint density at radius 3 is 1.94 bits per heavy atom. The van der Waals surface area contributed by atoms with E-state index in [1.165, 1.54) is 0 Å². The highest BCUT2D eigenvalue weighted by atomic mass is 16.7. The Kier molecular flexibility index (Phi) is 6.31. The van der Waals surface area contributed by atoms with Gasteiger partial charge >= 0.3 is 5.97 Å². The van der Waals surface area contributed by atoms with Crippen molar-refractivity contribution in [2.75, 3.05) is 41.8 Å². The highest BCUT2D eigenvalue weighted by Crippen LogP contribution is 2.57. The first-order valence-electron chi connectivity index (χ1n) is 11.6. The van der Waals surface area contributed by atoms with Crippen molar-refractivity contribution in [3.8, 4) is 0 Å². The van der Waals surface area contributed by atoms with E-state index in [4.69, 9.17) is 33.2 Å². The van der Waals surface area contributed by atoms with Gasteiger partial charge in [-0.15, -0.1) is 0 Å². The minimum atomic E-state index is -0.149. The Morgan fingerprint density at radius 2 is 1.35 bits per heavy atom. The molecule has 0 aromatic carbocycles. The largest absolute Gasteiger partial charge is 0.465 e. The molecule has 8 heteroatoms. The lowest BCUT2D eigenvalue weighted by Gasteiger charge is -2.55. The Morgan fingerprint density at radius 1 is 0.742 bits per heavy atom. The van der Waals surface area contributed by atoms with Crippen LogP contribution in [0.3, 0.4) is 0 Å². The molecule has 2 saturated heterocycles. The molecule has 2 aliphatic heterocycles. The monoisotopic (exact) mass is 440 g/mol. The van der Waals surface area contributed by atoms with Gasteiger partial charge in [-0.2, -0.15) is 0 Å². The number of hydrogen-bond donors (Lipinski definition) is 0. The van der Waals surface area contributed by atoms with E-state index in [9.17, 15) is 4.79 Å². The van der Waals surface area contributed by atoms with E-state index >= 15 is 0 Å². The third kappa shape index (κ3) is 3.54. The number of cyclic esters (lactones) is 1. The van der Waals surface area contributed by atoms with Gasteiger partial charge in [-0.3, -0.25) is 4.79 Å². The first kappa shape index (κ1) is 22.0. The van der Waals surface area contributed by atoms with Gasteiger partial charge in [0.05, 0.1) is 43.0 Å². The number of esters is 1. The summed E-state index contributed by atoms with van der Waals surface area (Å²) in [6, 6.07) is 0. The van der Waals surface area contributed by atoms with Gasteiger partial charge in [0.15, 0.2) is 0 Å². The van der Waals surface area contributed by atoms with Crippen molar-refractivity contribution in [3.63, 3.8) is 0 Å². The normalized spacial score (nSPS) is 51.7. The molecule has 8 nitrogen and oxygen atoms in total. The molecule has 176 valence electrons. The predicted molar refractivity (Wildman–Crippen MR) is 108 cm³/mol. The topological polar surface area (TPSA) is 81.7 Å². The summed E-state index contributed by atoms with van der Waals surface area (Å²) in [7, 11) is 6.95. The second-order valence-electron chi connectivity index (χ2n) is 9.90. The average molecular weight is 441 g/mol. The average Bonchev–Trinajstić information content (AvgIpc) is 3.41. The maximum atomic E-state index is 13.0. The molecule has 0 amide bonds. The molecule has 0 bridgehead atoms. The molecule has 3 saturated carbocycles. The van der Waals surface area contributed by atoms with Crippen LogP contribution in [0, 0.1) is 35.5 Å². The molecule has 5 rings (SSSR count). The van der Waals surface area contributed by atoms with Crippen molar-refractivity contribution in [1.29, 1.82) is 0 Å². The van der Waals surface area contributed by atoms with Crippen molar-refractivity contribution in [3.05, 3.63) is 0 Å². The van der Waals surface area contributed by atoms with Gasteiger partial charge in [0.25, 0.3) is 0 Å². The number of fused-ring (bicyclic) bond motifs is 3. The van der Waals surface area contributed by atoms with E-state index in [1.807, 2.05) is 0 Å². The molecule has 31 heavy (non-hydrogen) atoms. The molecule has 0 radical (unpaired) electrons. The Labute approximate surface area is 184 Å². The van der Waals surface area contributed by atoms with Crippen molar-refractivity contribution < 1.29 is 38.0 Å². The number of rotatable bonds is 5. The van der Waals surface area contributed by atoms with E-state index in [2.05, 4.69) is 0 Å². The molecule has 7 unspecified atom stereocenters. The van der Waals surface area contributed by atoms with Crippen molar-refractivity contribution in [1.82, 2.24) is 0 Å². The maximum Gasteiger partial charge on any atom is 0.309 e. The molecule has 0 aromatic heterocycles. The van der Waals surface area contributed by atoms with Crippen LogP contribution in [-0.4, -0.2) is 84.4 Å². The molecular weight excluding hydrogens is 404 g/mol. The second-order valence-corrected chi connectivity index (χ2v) is 9.90. The van der Waals surface area contributed by atoms with Gasteiger partial charge in [0.2, 0.25) is 0 Å². The summed E-state index contributed by atoms with van der Waals surface area (Å²) < 4.78 is 40.9. The van der Waals surface area contributed by atoms with Crippen LogP contribution in [0.25, 0.3) is 0 Å².